The lowest BCUT2D eigenvalue weighted by molar-refractivity contribution is 0.843. The van der Waals surface area contributed by atoms with Crippen molar-refractivity contribution in [3.8, 4) is 0 Å². The summed E-state index contributed by atoms with van der Waals surface area (Å²) in [5.41, 5.74) is 2.47. The molecule has 23 heavy (non-hydrogen) atoms. The standard InChI is InChI=1S/C16H14ClN3O.C2H6/c1-19-11-18-15-8-7-13(9-14(15)16(19)21)20(10-17)12-5-3-2-4-6-12;1-2/h2-9,11H,10H2,1H3;1-2H3. The van der Waals surface area contributed by atoms with Crippen molar-refractivity contribution in [2.45, 2.75) is 13.8 Å². The van der Waals surface area contributed by atoms with Crippen LogP contribution in [-0.2, 0) is 7.05 Å². The Bertz CT molecular complexity index is 831. The average Bonchev–Trinajstić information content (AvgIpc) is 2.62. The van der Waals surface area contributed by atoms with Crippen LogP contribution < -0.4 is 10.5 Å². The van der Waals surface area contributed by atoms with Gasteiger partial charge < -0.3 is 9.47 Å². The minimum absolute atomic E-state index is 0.0653. The van der Waals surface area contributed by atoms with E-state index >= 15 is 0 Å². The third-order valence-electron chi connectivity index (χ3n) is 3.40. The van der Waals surface area contributed by atoms with Crippen molar-refractivity contribution in [2.75, 3.05) is 10.9 Å². The molecule has 0 atom stereocenters. The van der Waals surface area contributed by atoms with E-state index in [2.05, 4.69) is 4.98 Å². The molecule has 1 heterocycles. The van der Waals surface area contributed by atoms with Crippen LogP contribution in [0.3, 0.4) is 0 Å². The topological polar surface area (TPSA) is 38.1 Å². The molecule has 0 saturated carbocycles. The van der Waals surface area contributed by atoms with Gasteiger partial charge in [-0.15, -0.1) is 11.6 Å². The predicted octanol–water partition coefficient (Wildman–Crippen LogP) is 4.29. The van der Waals surface area contributed by atoms with Gasteiger partial charge in [-0.05, 0) is 30.3 Å². The Kier molecular flexibility index (Phi) is 5.77. The second-order valence-electron chi connectivity index (χ2n) is 4.75. The summed E-state index contributed by atoms with van der Waals surface area (Å²) in [6, 6.07) is 15.7. The van der Waals surface area contributed by atoms with Gasteiger partial charge in [0.2, 0.25) is 0 Å². The molecule has 1 aromatic heterocycles. The third kappa shape index (κ3) is 3.54. The lowest BCUT2D eigenvalue weighted by Gasteiger charge is -2.22. The van der Waals surface area contributed by atoms with Crippen LogP contribution in [0.15, 0.2) is 59.7 Å². The highest BCUT2D eigenvalue weighted by Gasteiger charge is 2.10. The fraction of sp³-hybridized carbons (Fsp3) is 0.222. The van der Waals surface area contributed by atoms with Crippen LogP contribution in [0.1, 0.15) is 13.8 Å². The molecule has 0 N–H and O–H groups in total. The molecule has 0 aliphatic carbocycles. The van der Waals surface area contributed by atoms with E-state index in [1.165, 1.54) is 10.9 Å². The molecule has 0 amide bonds. The Morgan fingerprint density at radius 2 is 1.78 bits per heavy atom. The number of fused-ring (bicyclic) bond motifs is 1. The minimum atomic E-state index is -0.0653. The SMILES string of the molecule is CC.Cn1cnc2ccc(N(CCl)c3ccccc3)cc2c1=O. The largest absolute Gasteiger partial charge is 0.327 e. The molecule has 0 fully saturated rings. The van der Waals surface area contributed by atoms with Gasteiger partial charge in [0.05, 0.1) is 23.2 Å². The monoisotopic (exact) mass is 329 g/mol. The highest BCUT2D eigenvalue weighted by atomic mass is 35.5. The zero-order chi connectivity index (χ0) is 16.8. The molecule has 3 aromatic rings. The van der Waals surface area contributed by atoms with Gasteiger partial charge in [-0.2, -0.15) is 0 Å². The highest BCUT2D eigenvalue weighted by molar-refractivity contribution is 6.19. The Hall–Kier alpha value is -2.33. The number of anilines is 2. The third-order valence-corrected chi connectivity index (χ3v) is 3.64. The molecular formula is C18H20ClN3O. The van der Waals surface area contributed by atoms with Gasteiger partial charge >= 0.3 is 0 Å². The van der Waals surface area contributed by atoms with Crippen LogP contribution in [0.4, 0.5) is 11.4 Å². The Balaban J connectivity index is 0.000000924. The Morgan fingerprint density at radius 1 is 1.09 bits per heavy atom. The smallest absolute Gasteiger partial charge is 0.260 e. The fourth-order valence-corrected chi connectivity index (χ4v) is 2.54. The van der Waals surface area contributed by atoms with E-state index in [0.717, 1.165) is 11.4 Å². The number of aryl methyl sites for hydroxylation is 1. The van der Waals surface area contributed by atoms with Crippen LogP contribution in [-0.4, -0.2) is 15.6 Å². The van der Waals surface area contributed by atoms with E-state index in [-0.39, 0.29) is 5.56 Å². The van der Waals surface area contributed by atoms with Gasteiger partial charge in [0.1, 0.15) is 0 Å². The lowest BCUT2D eigenvalue weighted by Crippen LogP contribution is -2.18. The number of para-hydroxylation sites is 1. The quantitative estimate of drug-likeness (QED) is 0.531. The fourth-order valence-electron chi connectivity index (χ4n) is 2.26. The first kappa shape index (κ1) is 17.0. The molecule has 0 unspecified atom stereocenters. The van der Waals surface area contributed by atoms with Crippen molar-refractivity contribution < 1.29 is 0 Å². The summed E-state index contributed by atoms with van der Waals surface area (Å²) >= 11 is 6.09. The Morgan fingerprint density at radius 3 is 2.43 bits per heavy atom. The van der Waals surface area contributed by atoms with Gasteiger partial charge in [-0.25, -0.2) is 4.98 Å². The summed E-state index contributed by atoms with van der Waals surface area (Å²) < 4.78 is 1.47. The molecule has 5 heteroatoms. The maximum absolute atomic E-state index is 12.2. The van der Waals surface area contributed by atoms with E-state index < -0.39 is 0 Å². The molecule has 4 nitrogen and oxygen atoms in total. The average molecular weight is 330 g/mol. The number of nitrogens with zero attached hydrogens (tertiary/aromatic N) is 3. The van der Waals surface area contributed by atoms with E-state index in [1.54, 1.807) is 7.05 Å². The molecule has 3 rings (SSSR count). The zero-order valence-corrected chi connectivity index (χ0v) is 14.3. The van der Waals surface area contributed by atoms with Crippen molar-refractivity contribution in [3.63, 3.8) is 0 Å². The first-order chi connectivity index (χ1) is 11.2. The lowest BCUT2D eigenvalue weighted by atomic mass is 10.2. The van der Waals surface area contributed by atoms with Gasteiger partial charge in [0.25, 0.3) is 5.56 Å². The first-order valence-corrected chi connectivity index (χ1v) is 8.08. The van der Waals surface area contributed by atoms with E-state index in [9.17, 15) is 4.79 Å². The second-order valence-corrected chi connectivity index (χ2v) is 4.98. The van der Waals surface area contributed by atoms with Crippen molar-refractivity contribution >= 4 is 33.9 Å². The normalized spacial score (nSPS) is 10.1. The summed E-state index contributed by atoms with van der Waals surface area (Å²) in [6.45, 7) is 4.00. The second kappa shape index (κ2) is 7.79. The van der Waals surface area contributed by atoms with E-state index in [0.29, 0.717) is 16.9 Å². The molecule has 2 aromatic carbocycles. The minimum Gasteiger partial charge on any atom is -0.327 e. The molecular weight excluding hydrogens is 310 g/mol. The van der Waals surface area contributed by atoms with Crippen molar-refractivity contribution in [3.05, 3.63) is 65.2 Å². The summed E-state index contributed by atoms with van der Waals surface area (Å²) in [4.78, 5) is 18.4. The van der Waals surface area contributed by atoms with Crippen LogP contribution >= 0.6 is 11.6 Å². The number of hydrogen-bond donors (Lipinski definition) is 0. The number of alkyl halides is 1. The summed E-state index contributed by atoms with van der Waals surface area (Å²) in [5, 5.41) is 0.587. The van der Waals surface area contributed by atoms with Gasteiger partial charge in [0, 0.05) is 18.4 Å². The van der Waals surface area contributed by atoms with Crippen LogP contribution in [0.25, 0.3) is 10.9 Å². The van der Waals surface area contributed by atoms with Gasteiger partial charge in [-0.1, -0.05) is 32.0 Å². The maximum Gasteiger partial charge on any atom is 0.260 e. The number of benzene rings is 2. The van der Waals surface area contributed by atoms with Crippen molar-refractivity contribution in [1.29, 1.82) is 0 Å². The maximum atomic E-state index is 12.2. The molecule has 0 bridgehead atoms. The van der Waals surface area contributed by atoms with Crippen LogP contribution in [0.2, 0.25) is 0 Å². The summed E-state index contributed by atoms with van der Waals surface area (Å²) in [7, 11) is 1.69. The number of halogens is 1. The Labute approximate surface area is 141 Å². The summed E-state index contributed by atoms with van der Waals surface area (Å²) in [6.07, 6.45) is 1.53. The molecule has 0 aliphatic rings. The number of hydrogen-bond acceptors (Lipinski definition) is 3. The molecule has 0 aliphatic heterocycles. The van der Waals surface area contributed by atoms with Crippen molar-refractivity contribution in [1.82, 2.24) is 9.55 Å². The van der Waals surface area contributed by atoms with Crippen LogP contribution in [0, 0.1) is 0 Å². The van der Waals surface area contributed by atoms with Gasteiger partial charge in [0.15, 0.2) is 0 Å². The first-order valence-electron chi connectivity index (χ1n) is 7.54. The molecule has 120 valence electrons. The van der Waals surface area contributed by atoms with Gasteiger partial charge in [-0.3, -0.25) is 4.79 Å². The molecule has 0 saturated heterocycles. The number of rotatable bonds is 3. The van der Waals surface area contributed by atoms with Crippen molar-refractivity contribution in [2.24, 2.45) is 7.05 Å². The zero-order valence-electron chi connectivity index (χ0n) is 13.5. The van der Waals surface area contributed by atoms with E-state index in [4.69, 9.17) is 11.6 Å². The highest BCUT2D eigenvalue weighted by Crippen LogP contribution is 2.27. The summed E-state index contributed by atoms with van der Waals surface area (Å²) in [5.74, 6) is 0. The van der Waals surface area contributed by atoms with Crippen LogP contribution in [0.5, 0.6) is 0 Å². The molecule has 0 spiro atoms. The van der Waals surface area contributed by atoms with E-state index in [1.807, 2.05) is 67.3 Å². The molecule has 0 radical (unpaired) electrons. The predicted molar refractivity (Wildman–Crippen MR) is 97.6 cm³/mol. The number of aromatic nitrogens is 2.